The van der Waals surface area contributed by atoms with E-state index in [9.17, 15) is 14.4 Å². The zero-order chi connectivity index (χ0) is 24.9. The van der Waals surface area contributed by atoms with Crippen LogP contribution in [-0.2, 0) is 14.3 Å². The molecule has 3 aromatic carbocycles. The highest BCUT2D eigenvalue weighted by molar-refractivity contribution is 8.04. The number of nitrogens with zero attached hydrogens (tertiary/aromatic N) is 1. The number of hydrogen-bond donors (Lipinski definition) is 1. The highest BCUT2D eigenvalue weighted by Gasteiger charge is 2.40. The second-order valence-electron chi connectivity index (χ2n) is 7.92. The molecule has 1 N–H and O–H groups in total. The van der Waals surface area contributed by atoms with Crippen LogP contribution in [0, 0.1) is 0 Å². The van der Waals surface area contributed by atoms with Crippen molar-refractivity contribution in [2.45, 2.75) is 24.8 Å². The average Bonchev–Trinajstić information content (AvgIpc) is 3.08. The first-order chi connectivity index (χ1) is 16.9. The quantitative estimate of drug-likeness (QED) is 0.342. The van der Waals surface area contributed by atoms with Gasteiger partial charge in [0.25, 0.3) is 11.8 Å². The Morgan fingerprint density at radius 1 is 0.914 bits per heavy atom. The summed E-state index contributed by atoms with van der Waals surface area (Å²) >= 11 is 1.21. The van der Waals surface area contributed by atoms with Crippen LogP contribution < -0.4 is 15.0 Å². The van der Waals surface area contributed by atoms with E-state index in [1.165, 1.54) is 23.9 Å². The second kappa shape index (κ2) is 10.5. The minimum atomic E-state index is -0.492. The number of carbonyl (C=O) groups excluding carboxylic acids is 3. The van der Waals surface area contributed by atoms with Gasteiger partial charge >= 0.3 is 5.97 Å². The molecule has 0 aromatic heterocycles. The third-order valence-corrected chi connectivity index (χ3v) is 6.14. The number of anilines is 2. The lowest BCUT2D eigenvalue weighted by atomic mass is 10.2. The fourth-order valence-corrected chi connectivity index (χ4v) is 4.38. The maximum atomic E-state index is 13.5. The first-order valence-electron chi connectivity index (χ1n) is 11.0. The van der Waals surface area contributed by atoms with Gasteiger partial charge in [0.1, 0.15) is 16.4 Å². The van der Waals surface area contributed by atoms with Gasteiger partial charge in [-0.3, -0.25) is 9.59 Å². The van der Waals surface area contributed by atoms with Gasteiger partial charge in [0.15, 0.2) is 0 Å². The molecule has 0 atom stereocenters. The molecule has 0 spiro atoms. The van der Waals surface area contributed by atoms with E-state index in [1.54, 1.807) is 57.4 Å². The Hall–Kier alpha value is -4.04. The van der Waals surface area contributed by atoms with E-state index in [4.69, 9.17) is 9.47 Å². The smallest absolute Gasteiger partial charge is 0.338 e. The molecule has 4 rings (SSSR count). The lowest BCUT2D eigenvalue weighted by Crippen LogP contribution is -2.32. The summed E-state index contributed by atoms with van der Waals surface area (Å²) in [5, 5.41) is 3.11. The standard InChI is InChI=1S/C27H24N2O5S/c1-17(2)34-27(32)18-12-14-20(15-13-18)29-25(30)23(28-19-8-7-9-21(16-19)33-3)24(26(29)31)35-22-10-5-4-6-11-22/h4-17,28H,1-3H3. The van der Waals surface area contributed by atoms with Crippen LogP contribution in [0.15, 0.2) is 94.4 Å². The van der Waals surface area contributed by atoms with Gasteiger partial charge in [-0.1, -0.05) is 36.0 Å². The zero-order valence-corrected chi connectivity index (χ0v) is 20.3. The minimum Gasteiger partial charge on any atom is -0.497 e. The maximum Gasteiger partial charge on any atom is 0.338 e. The zero-order valence-electron chi connectivity index (χ0n) is 19.5. The normalized spacial score (nSPS) is 13.4. The Labute approximate surface area is 207 Å². The number of methoxy groups -OCH3 is 1. The van der Waals surface area contributed by atoms with Gasteiger partial charge in [0.05, 0.1) is 24.5 Å². The summed E-state index contributed by atoms with van der Waals surface area (Å²) in [4.78, 5) is 41.3. The van der Waals surface area contributed by atoms with Crippen LogP contribution in [0.4, 0.5) is 11.4 Å². The summed E-state index contributed by atoms with van der Waals surface area (Å²) in [6.07, 6.45) is -0.254. The van der Waals surface area contributed by atoms with Gasteiger partial charge in [-0.2, -0.15) is 0 Å². The van der Waals surface area contributed by atoms with Crippen LogP contribution in [0.2, 0.25) is 0 Å². The number of amides is 2. The van der Waals surface area contributed by atoms with Crippen molar-refractivity contribution in [3.05, 3.63) is 95.0 Å². The van der Waals surface area contributed by atoms with E-state index in [2.05, 4.69) is 5.32 Å². The van der Waals surface area contributed by atoms with Gasteiger partial charge in [0.2, 0.25) is 0 Å². The summed E-state index contributed by atoms with van der Waals surface area (Å²) < 4.78 is 10.5. The minimum absolute atomic E-state index is 0.167. The van der Waals surface area contributed by atoms with Gasteiger partial charge in [-0.05, 0) is 62.4 Å². The third-order valence-electron chi connectivity index (χ3n) is 5.05. The molecule has 2 amide bonds. The Balaban J connectivity index is 1.67. The van der Waals surface area contributed by atoms with E-state index in [0.717, 1.165) is 9.80 Å². The SMILES string of the molecule is COc1cccc(NC2=C(Sc3ccccc3)C(=O)N(c3ccc(C(=O)OC(C)C)cc3)C2=O)c1. The topological polar surface area (TPSA) is 84.9 Å². The number of carbonyl (C=O) groups is 3. The van der Waals surface area contributed by atoms with Crippen LogP contribution >= 0.6 is 11.8 Å². The van der Waals surface area contributed by atoms with Crippen molar-refractivity contribution in [2.75, 3.05) is 17.3 Å². The number of imide groups is 1. The molecule has 0 bridgehead atoms. The molecule has 1 heterocycles. The van der Waals surface area contributed by atoms with Crippen LogP contribution in [0.1, 0.15) is 24.2 Å². The molecule has 1 aliphatic heterocycles. The number of benzene rings is 3. The average molecular weight is 489 g/mol. The van der Waals surface area contributed by atoms with Crippen molar-refractivity contribution >= 4 is 40.9 Å². The highest BCUT2D eigenvalue weighted by atomic mass is 32.2. The first-order valence-corrected chi connectivity index (χ1v) is 11.8. The lowest BCUT2D eigenvalue weighted by Gasteiger charge is -2.16. The molecule has 178 valence electrons. The molecule has 0 fully saturated rings. The molecule has 0 unspecified atom stereocenters. The fraction of sp³-hybridized carbons (Fsp3) is 0.148. The van der Waals surface area contributed by atoms with Gasteiger partial charge in [-0.15, -0.1) is 0 Å². The summed E-state index contributed by atoms with van der Waals surface area (Å²) in [7, 11) is 1.56. The number of esters is 1. The maximum absolute atomic E-state index is 13.5. The first kappa shape index (κ1) is 24.1. The van der Waals surface area contributed by atoms with Crippen LogP contribution in [0.3, 0.4) is 0 Å². The fourth-order valence-electron chi connectivity index (χ4n) is 3.43. The van der Waals surface area contributed by atoms with Crippen LogP contribution in [-0.4, -0.2) is 31.0 Å². The van der Waals surface area contributed by atoms with Crippen LogP contribution in [0.25, 0.3) is 0 Å². The van der Waals surface area contributed by atoms with E-state index in [-0.39, 0.29) is 16.7 Å². The molecule has 1 aliphatic rings. The van der Waals surface area contributed by atoms with Crippen molar-refractivity contribution in [2.24, 2.45) is 0 Å². The van der Waals surface area contributed by atoms with Gasteiger partial charge < -0.3 is 14.8 Å². The molecular weight excluding hydrogens is 464 g/mol. The predicted octanol–water partition coefficient (Wildman–Crippen LogP) is 5.25. The van der Waals surface area contributed by atoms with E-state index in [1.807, 2.05) is 30.3 Å². The summed E-state index contributed by atoms with van der Waals surface area (Å²) in [6.45, 7) is 3.53. The van der Waals surface area contributed by atoms with E-state index < -0.39 is 17.8 Å². The molecule has 7 nitrogen and oxygen atoms in total. The van der Waals surface area contributed by atoms with Gasteiger partial charge in [-0.25, -0.2) is 9.69 Å². The number of nitrogens with one attached hydrogen (secondary N) is 1. The summed E-state index contributed by atoms with van der Waals surface area (Å²) in [6, 6.07) is 22.7. The highest BCUT2D eigenvalue weighted by Crippen LogP contribution is 2.38. The Morgan fingerprint density at radius 3 is 2.29 bits per heavy atom. The third kappa shape index (κ3) is 5.38. The van der Waals surface area contributed by atoms with E-state index in [0.29, 0.717) is 22.7 Å². The lowest BCUT2D eigenvalue weighted by molar-refractivity contribution is -0.120. The molecule has 0 radical (unpaired) electrons. The number of rotatable bonds is 8. The molecule has 8 heteroatoms. The number of ether oxygens (including phenoxy) is 2. The molecule has 35 heavy (non-hydrogen) atoms. The van der Waals surface area contributed by atoms with Crippen molar-refractivity contribution in [1.29, 1.82) is 0 Å². The van der Waals surface area contributed by atoms with Crippen molar-refractivity contribution < 1.29 is 23.9 Å². The Morgan fingerprint density at radius 2 is 1.63 bits per heavy atom. The molecular formula is C27H24N2O5S. The Bertz CT molecular complexity index is 1290. The van der Waals surface area contributed by atoms with Crippen molar-refractivity contribution in [3.63, 3.8) is 0 Å². The van der Waals surface area contributed by atoms with Crippen molar-refractivity contribution in [1.82, 2.24) is 0 Å². The molecule has 0 saturated heterocycles. The summed E-state index contributed by atoms with van der Waals surface area (Å²) in [5.41, 5.74) is 1.47. The largest absolute Gasteiger partial charge is 0.497 e. The second-order valence-corrected chi connectivity index (χ2v) is 9.01. The van der Waals surface area contributed by atoms with Crippen LogP contribution in [0.5, 0.6) is 5.75 Å². The van der Waals surface area contributed by atoms with Crippen molar-refractivity contribution in [3.8, 4) is 5.75 Å². The molecule has 3 aromatic rings. The van der Waals surface area contributed by atoms with E-state index >= 15 is 0 Å². The number of hydrogen-bond acceptors (Lipinski definition) is 7. The molecule has 0 aliphatic carbocycles. The monoisotopic (exact) mass is 488 g/mol. The molecule has 0 saturated carbocycles. The predicted molar refractivity (Wildman–Crippen MR) is 135 cm³/mol. The summed E-state index contributed by atoms with van der Waals surface area (Å²) in [5.74, 6) is -0.796. The number of thioether (sulfide) groups is 1. The Kier molecular flexibility index (Phi) is 7.22. The van der Waals surface area contributed by atoms with Gasteiger partial charge in [0, 0.05) is 16.6 Å².